The van der Waals surface area contributed by atoms with Crippen molar-refractivity contribution in [3.8, 4) is 0 Å². The van der Waals surface area contributed by atoms with Crippen molar-refractivity contribution in [2.45, 2.75) is 101 Å². The van der Waals surface area contributed by atoms with Gasteiger partial charge in [0.05, 0.1) is 11.0 Å². The van der Waals surface area contributed by atoms with Gasteiger partial charge >= 0.3 is 0 Å². The molecule has 3 N–H and O–H groups in total. The first-order chi connectivity index (χ1) is 15.8. The van der Waals surface area contributed by atoms with Gasteiger partial charge in [-0.1, -0.05) is 63.3 Å². The summed E-state index contributed by atoms with van der Waals surface area (Å²) in [6.07, 6.45) is 21.0. The Morgan fingerprint density at radius 1 is 1.00 bits per heavy atom. The van der Waals surface area contributed by atoms with Gasteiger partial charge in [0, 0.05) is 15.6 Å². The van der Waals surface area contributed by atoms with E-state index in [1.807, 2.05) is 6.08 Å². The van der Waals surface area contributed by atoms with Crippen LogP contribution in [0.15, 0.2) is 47.4 Å². The molecular weight excluding hydrogens is 549 g/mol. The van der Waals surface area contributed by atoms with Crippen LogP contribution >= 0.6 is 22.6 Å². The van der Waals surface area contributed by atoms with Crippen molar-refractivity contribution in [1.29, 1.82) is 0 Å². The van der Waals surface area contributed by atoms with Gasteiger partial charge in [-0.25, -0.2) is 13.6 Å². The molecule has 0 amide bonds. The predicted octanol–water partition coefficient (Wildman–Crippen LogP) is 6.69. The maximum Gasteiger partial charge on any atom is 0.238 e. The molecule has 0 aliphatic carbocycles. The molecule has 7 heteroatoms. The third-order valence-electron chi connectivity index (χ3n) is 5.44. The Bertz CT molecular complexity index is 865. The summed E-state index contributed by atoms with van der Waals surface area (Å²) in [7, 11) is -3.91. The van der Waals surface area contributed by atoms with Crippen LogP contribution in [-0.2, 0) is 10.0 Å². The number of hydrogen-bond acceptors (Lipinski definition) is 4. The monoisotopic (exact) mass is 589 g/mol. The lowest BCUT2D eigenvalue weighted by atomic mass is 10.0. The van der Waals surface area contributed by atoms with Gasteiger partial charge in [0.2, 0.25) is 10.0 Å². The van der Waals surface area contributed by atoms with Crippen molar-refractivity contribution >= 4 is 38.4 Å². The smallest absolute Gasteiger partial charge is 0.238 e. The number of aliphatic hydroxyl groups is 1. The third kappa shape index (κ3) is 14.1. The normalized spacial score (nSPS) is 13.2. The lowest BCUT2D eigenvalue weighted by Crippen LogP contribution is -2.17. The van der Waals surface area contributed by atoms with Crippen molar-refractivity contribution < 1.29 is 18.3 Å². The van der Waals surface area contributed by atoms with E-state index in [1.165, 1.54) is 38.2 Å². The van der Waals surface area contributed by atoms with Gasteiger partial charge in [-0.05, 0) is 85.7 Å². The number of carbonyl (C=O) groups excluding carboxylic acids is 1. The number of halogens is 1. The summed E-state index contributed by atoms with van der Waals surface area (Å²) in [5.74, 6) is -0.184. The van der Waals surface area contributed by atoms with E-state index in [-0.39, 0.29) is 22.3 Å². The molecule has 186 valence electrons. The SMILES string of the molecule is CCCCC(O)C=CCCCCCCCC=CCCCC(=O)c1cc(I)ccc1S(N)(=O)=O. The van der Waals surface area contributed by atoms with Crippen LogP contribution in [-0.4, -0.2) is 25.4 Å². The van der Waals surface area contributed by atoms with Crippen molar-refractivity contribution in [1.82, 2.24) is 0 Å². The first kappa shape index (κ1) is 30.0. The highest BCUT2D eigenvalue weighted by molar-refractivity contribution is 14.1. The highest BCUT2D eigenvalue weighted by Gasteiger charge is 2.19. The van der Waals surface area contributed by atoms with Crippen molar-refractivity contribution in [2.24, 2.45) is 5.14 Å². The zero-order chi connectivity index (χ0) is 24.5. The molecule has 33 heavy (non-hydrogen) atoms. The molecule has 1 rings (SSSR count). The van der Waals surface area contributed by atoms with Crippen molar-refractivity contribution in [3.63, 3.8) is 0 Å². The summed E-state index contributed by atoms with van der Waals surface area (Å²) < 4.78 is 24.2. The second kappa shape index (κ2) is 17.4. The Kier molecular flexibility index (Phi) is 15.8. The van der Waals surface area contributed by atoms with Gasteiger partial charge in [-0.15, -0.1) is 0 Å². The number of nitrogens with two attached hydrogens (primary N) is 1. The van der Waals surface area contributed by atoms with E-state index in [9.17, 15) is 18.3 Å². The maximum atomic E-state index is 12.5. The first-order valence-corrected chi connectivity index (χ1v) is 14.7. The summed E-state index contributed by atoms with van der Waals surface area (Å²) in [5.41, 5.74) is 0.191. The standard InChI is InChI=1S/C26H40INO4S/c1-2-3-16-23(29)17-14-12-10-8-6-4-5-7-9-11-13-15-18-25(30)24-21-22(27)19-20-26(24)33(28,31)32/h9,11,14,17,19-21,23,29H,2-8,10,12-13,15-16,18H2,1H3,(H2,28,31,32). The van der Waals surface area contributed by atoms with Gasteiger partial charge in [-0.3, -0.25) is 4.79 Å². The summed E-state index contributed by atoms with van der Waals surface area (Å²) in [5, 5.41) is 15.0. The molecule has 0 aliphatic rings. The predicted molar refractivity (Wildman–Crippen MR) is 145 cm³/mol. The number of allylic oxidation sites excluding steroid dienone is 3. The quantitative estimate of drug-likeness (QED) is 0.0864. The fourth-order valence-electron chi connectivity index (χ4n) is 3.54. The lowest BCUT2D eigenvalue weighted by molar-refractivity contribution is 0.0977. The molecule has 0 aliphatic heterocycles. The number of rotatable bonds is 18. The zero-order valence-corrected chi connectivity index (χ0v) is 22.8. The van der Waals surface area contributed by atoms with Crippen LogP contribution in [0.25, 0.3) is 0 Å². The summed E-state index contributed by atoms with van der Waals surface area (Å²) in [4.78, 5) is 12.4. The number of aliphatic hydroxyl groups excluding tert-OH is 1. The third-order valence-corrected chi connectivity index (χ3v) is 7.08. The minimum absolute atomic E-state index is 0.0935. The highest BCUT2D eigenvalue weighted by Crippen LogP contribution is 2.20. The number of hydrogen-bond donors (Lipinski definition) is 2. The number of benzene rings is 1. The Balaban J connectivity index is 2.12. The molecule has 0 radical (unpaired) electrons. The second-order valence-corrected chi connectivity index (χ2v) is 11.2. The number of ketones is 1. The molecule has 0 saturated carbocycles. The molecule has 1 aromatic rings. The molecule has 5 nitrogen and oxygen atoms in total. The van der Waals surface area contributed by atoms with Crippen molar-refractivity contribution in [2.75, 3.05) is 0 Å². The largest absolute Gasteiger partial charge is 0.389 e. The van der Waals surface area contributed by atoms with E-state index in [2.05, 4.69) is 47.7 Å². The van der Waals surface area contributed by atoms with Crippen LogP contribution in [0.5, 0.6) is 0 Å². The summed E-state index contributed by atoms with van der Waals surface area (Å²) >= 11 is 2.06. The molecule has 0 saturated heterocycles. The molecule has 0 aromatic heterocycles. The molecule has 0 heterocycles. The van der Waals surface area contributed by atoms with Gasteiger partial charge in [0.15, 0.2) is 5.78 Å². The van der Waals surface area contributed by atoms with E-state index in [0.717, 1.165) is 42.1 Å². The number of carbonyl (C=O) groups is 1. The van der Waals surface area contributed by atoms with Crippen LogP contribution < -0.4 is 5.14 Å². The Labute approximate surface area is 214 Å². The molecule has 1 unspecified atom stereocenters. The molecule has 0 bridgehead atoms. The first-order valence-electron chi connectivity index (χ1n) is 12.1. The van der Waals surface area contributed by atoms with Crippen LogP contribution in [0.1, 0.15) is 101 Å². The molecule has 0 fully saturated rings. The van der Waals surface area contributed by atoms with Crippen molar-refractivity contribution in [3.05, 3.63) is 51.6 Å². The fraction of sp³-hybridized carbons (Fsp3) is 0.577. The van der Waals surface area contributed by atoms with Gasteiger partial charge in [0.1, 0.15) is 0 Å². The maximum absolute atomic E-state index is 12.5. The van der Waals surface area contributed by atoms with Crippen LogP contribution in [0.2, 0.25) is 0 Å². The Hall–Kier alpha value is -1.03. The average molecular weight is 590 g/mol. The Morgan fingerprint density at radius 3 is 2.24 bits per heavy atom. The van der Waals surface area contributed by atoms with E-state index < -0.39 is 10.0 Å². The molecule has 0 spiro atoms. The Morgan fingerprint density at radius 2 is 1.61 bits per heavy atom. The van der Waals surface area contributed by atoms with E-state index in [4.69, 9.17) is 5.14 Å². The highest BCUT2D eigenvalue weighted by atomic mass is 127. The number of unbranched alkanes of at least 4 members (excludes halogenated alkanes) is 8. The average Bonchev–Trinajstić information content (AvgIpc) is 2.76. The van der Waals surface area contributed by atoms with Gasteiger partial charge < -0.3 is 5.11 Å². The summed E-state index contributed by atoms with van der Waals surface area (Å²) in [6.45, 7) is 2.14. The second-order valence-electron chi connectivity index (χ2n) is 8.46. The van der Waals surface area contributed by atoms with Gasteiger partial charge in [-0.2, -0.15) is 0 Å². The number of Topliss-reactive ketones (excluding diaryl/α,β-unsaturated/α-hetero) is 1. The van der Waals surface area contributed by atoms with E-state index >= 15 is 0 Å². The van der Waals surface area contributed by atoms with Crippen LogP contribution in [0, 0.1) is 3.57 Å². The number of primary sulfonamides is 1. The molecular formula is C26H40INO4S. The van der Waals surface area contributed by atoms with Gasteiger partial charge in [0.25, 0.3) is 0 Å². The van der Waals surface area contributed by atoms with E-state index in [0.29, 0.717) is 12.8 Å². The molecule has 1 atom stereocenters. The van der Waals surface area contributed by atoms with E-state index in [1.54, 1.807) is 12.1 Å². The summed E-state index contributed by atoms with van der Waals surface area (Å²) in [6, 6.07) is 4.63. The molecule has 1 aromatic carbocycles. The van der Waals surface area contributed by atoms with Crippen LogP contribution in [0.3, 0.4) is 0 Å². The zero-order valence-electron chi connectivity index (χ0n) is 19.8. The topological polar surface area (TPSA) is 97.5 Å². The number of sulfonamides is 1. The minimum Gasteiger partial charge on any atom is -0.389 e. The minimum atomic E-state index is -3.91. The lowest BCUT2D eigenvalue weighted by Gasteiger charge is -2.07. The van der Waals surface area contributed by atoms with Crippen LogP contribution in [0.4, 0.5) is 0 Å². The fourth-order valence-corrected chi connectivity index (χ4v) is 4.76.